The summed E-state index contributed by atoms with van der Waals surface area (Å²) < 4.78 is 20.9. The highest BCUT2D eigenvalue weighted by Crippen LogP contribution is 2.37. The van der Waals surface area contributed by atoms with Gasteiger partial charge in [0, 0.05) is 34.2 Å². The zero-order chi connectivity index (χ0) is 28.7. The van der Waals surface area contributed by atoms with E-state index in [0.717, 1.165) is 5.56 Å². The topological polar surface area (TPSA) is 114 Å². The van der Waals surface area contributed by atoms with Gasteiger partial charge in [-0.2, -0.15) is 5.26 Å². The summed E-state index contributed by atoms with van der Waals surface area (Å²) in [6, 6.07) is 13.2. The third-order valence-electron chi connectivity index (χ3n) is 6.77. The summed E-state index contributed by atoms with van der Waals surface area (Å²) in [5.74, 6) is -0.549. The second-order valence-electron chi connectivity index (χ2n) is 9.47. The average Bonchev–Trinajstić information content (AvgIpc) is 3.38. The second kappa shape index (κ2) is 11.1. The molecule has 9 nitrogen and oxygen atoms in total. The van der Waals surface area contributed by atoms with Crippen LogP contribution in [0.3, 0.4) is 0 Å². The average molecular weight is 610 g/mol. The van der Waals surface area contributed by atoms with Crippen LogP contribution in [0.25, 0.3) is 10.9 Å². The van der Waals surface area contributed by atoms with Gasteiger partial charge in [-0.15, -0.1) is 5.10 Å². The fourth-order valence-electron chi connectivity index (χ4n) is 4.58. The van der Waals surface area contributed by atoms with Crippen LogP contribution >= 0.6 is 34.8 Å². The molecule has 1 unspecified atom stereocenters. The van der Waals surface area contributed by atoms with Crippen molar-refractivity contribution < 1.29 is 9.13 Å². The van der Waals surface area contributed by atoms with Crippen molar-refractivity contribution >= 4 is 62.8 Å². The van der Waals surface area contributed by atoms with Crippen molar-refractivity contribution in [3.63, 3.8) is 0 Å². The van der Waals surface area contributed by atoms with E-state index in [-0.39, 0.29) is 16.6 Å². The highest BCUT2D eigenvalue weighted by Gasteiger charge is 2.26. The molecular weight excluding hydrogens is 590 g/mol. The first-order valence-electron chi connectivity index (χ1n) is 12.4. The maximum absolute atomic E-state index is 13.8. The Morgan fingerprint density at radius 3 is 2.61 bits per heavy atom. The fourth-order valence-corrected chi connectivity index (χ4v) is 5.22. The number of halogens is 4. The molecule has 0 radical (unpaired) electrons. The van der Waals surface area contributed by atoms with Crippen LogP contribution in [0.1, 0.15) is 34.6 Å². The van der Waals surface area contributed by atoms with Gasteiger partial charge in [0.1, 0.15) is 28.8 Å². The molecule has 1 fully saturated rings. The summed E-state index contributed by atoms with van der Waals surface area (Å²) in [7, 11) is 0. The van der Waals surface area contributed by atoms with E-state index in [1.807, 2.05) is 25.3 Å². The number of nitrogens with zero attached hydrogens (tertiary/aromatic N) is 6. The van der Waals surface area contributed by atoms with Gasteiger partial charge in [0.2, 0.25) is 0 Å². The molecule has 206 valence electrons. The van der Waals surface area contributed by atoms with Crippen molar-refractivity contribution in [3.8, 4) is 6.07 Å². The molecule has 0 saturated carbocycles. The fraction of sp³-hybridized carbons (Fsp3) is 0.179. The molecule has 2 aromatic carbocycles. The Kier molecular flexibility index (Phi) is 7.36. The van der Waals surface area contributed by atoms with Gasteiger partial charge in [-0.25, -0.2) is 14.1 Å². The lowest BCUT2D eigenvalue weighted by molar-refractivity contribution is -0.0293. The van der Waals surface area contributed by atoms with Crippen LogP contribution in [0.4, 0.5) is 21.5 Å². The molecule has 1 aliphatic heterocycles. The summed E-state index contributed by atoms with van der Waals surface area (Å²) in [6.07, 6.45) is 3.31. The van der Waals surface area contributed by atoms with Gasteiger partial charge >= 0.3 is 0 Å². The maximum Gasteiger partial charge on any atom is 0.141 e. The summed E-state index contributed by atoms with van der Waals surface area (Å²) in [6.45, 7) is 3.02. The molecule has 0 aliphatic carbocycles. The first-order valence-corrected chi connectivity index (χ1v) is 13.6. The zero-order valence-electron chi connectivity index (χ0n) is 21.4. The van der Waals surface area contributed by atoms with Gasteiger partial charge < -0.3 is 15.4 Å². The third-order valence-corrected chi connectivity index (χ3v) is 7.56. The van der Waals surface area contributed by atoms with Crippen LogP contribution < -0.4 is 10.6 Å². The van der Waals surface area contributed by atoms with E-state index < -0.39 is 11.9 Å². The molecular formula is C28H20Cl3FN8O. The van der Waals surface area contributed by atoms with E-state index in [1.54, 1.807) is 16.8 Å². The number of benzene rings is 2. The number of ether oxygens (including phenoxy) is 1. The molecule has 1 saturated heterocycles. The van der Waals surface area contributed by atoms with Gasteiger partial charge in [0.15, 0.2) is 0 Å². The minimum Gasteiger partial charge on any atom is -0.377 e. The van der Waals surface area contributed by atoms with Crippen molar-refractivity contribution in [2.75, 3.05) is 23.8 Å². The Hall–Kier alpha value is -4.01. The van der Waals surface area contributed by atoms with E-state index in [9.17, 15) is 9.65 Å². The molecule has 41 heavy (non-hydrogen) atoms. The van der Waals surface area contributed by atoms with Crippen molar-refractivity contribution in [3.05, 3.63) is 98.4 Å². The van der Waals surface area contributed by atoms with Gasteiger partial charge in [0.05, 0.1) is 52.3 Å². The van der Waals surface area contributed by atoms with Crippen molar-refractivity contribution in [2.24, 2.45) is 0 Å². The van der Waals surface area contributed by atoms with Crippen molar-refractivity contribution in [2.45, 2.75) is 19.0 Å². The molecule has 2 N–H and O–H groups in total. The number of nitriles is 1. The zero-order valence-corrected chi connectivity index (χ0v) is 23.6. The first-order chi connectivity index (χ1) is 19.8. The molecule has 4 heterocycles. The second-order valence-corrected chi connectivity index (χ2v) is 10.7. The predicted molar refractivity (Wildman–Crippen MR) is 155 cm³/mol. The minimum atomic E-state index is -0.549. The number of nitrogens with one attached hydrogen (secondary N) is 2. The number of fused-ring (bicyclic) bond motifs is 1. The Morgan fingerprint density at radius 1 is 1.10 bits per heavy atom. The van der Waals surface area contributed by atoms with Gasteiger partial charge in [-0.1, -0.05) is 46.1 Å². The van der Waals surface area contributed by atoms with Crippen molar-refractivity contribution in [1.82, 2.24) is 25.0 Å². The Balaban J connectivity index is 1.45. The van der Waals surface area contributed by atoms with Gasteiger partial charge in [0.25, 0.3) is 0 Å². The van der Waals surface area contributed by atoms with Crippen LogP contribution in [0.5, 0.6) is 0 Å². The largest absolute Gasteiger partial charge is 0.377 e. The molecule has 1 atom stereocenters. The molecule has 1 aliphatic rings. The Bertz CT molecular complexity index is 1840. The summed E-state index contributed by atoms with van der Waals surface area (Å²) in [5.41, 5.74) is 4.52. The van der Waals surface area contributed by atoms with Crippen molar-refractivity contribution in [1.29, 1.82) is 5.26 Å². The predicted octanol–water partition coefficient (Wildman–Crippen LogP) is 7.02. The van der Waals surface area contributed by atoms with Crippen LogP contribution in [0, 0.1) is 24.1 Å². The van der Waals surface area contributed by atoms with E-state index in [4.69, 9.17) is 39.5 Å². The lowest BCUT2D eigenvalue weighted by atomic mass is 10.0. The molecule has 0 spiro atoms. The number of anilines is 3. The lowest BCUT2D eigenvalue weighted by Gasteiger charge is -2.25. The van der Waals surface area contributed by atoms with Crippen LogP contribution in [0.15, 0.2) is 54.9 Å². The molecule has 0 amide bonds. The third kappa shape index (κ3) is 5.37. The summed E-state index contributed by atoms with van der Waals surface area (Å²) >= 11 is 18.9. The van der Waals surface area contributed by atoms with E-state index in [1.165, 1.54) is 24.4 Å². The number of hydrogen-bond donors (Lipinski definition) is 2. The highest BCUT2D eigenvalue weighted by molar-refractivity contribution is 6.36. The quantitative estimate of drug-likeness (QED) is 0.189. The molecule has 3 aromatic heterocycles. The number of rotatable bonds is 7. The van der Waals surface area contributed by atoms with Crippen LogP contribution in [0.2, 0.25) is 15.2 Å². The van der Waals surface area contributed by atoms with E-state index in [0.29, 0.717) is 62.7 Å². The van der Waals surface area contributed by atoms with E-state index in [2.05, 4.69) is 37.0 Å². The molecule has 5 aromatic rings. The number of pyridine rings is 2. The lowest BCUT2D eigenvalue weighted by Crippen LogP contribution is -2.31. The van der Waals surface area contributed by atoms with Crippen LogP contribution in [-0.2, 0) is 4.74 Å². The Labute approximate surface area is 248 Å². The standard InChI is InChI=1S/C28H20Cl3FN8O/c1-14-19(3-5-25(31)35-14)28(24-11-40(39-38-24)18-12-41-13-18)37-17-6-20-26(36-16-2-4-23(32)21(29)7-16)15(9-33)10-34-27(20)22(30)8-17/h2-8,10-11,18,28,37H,12-13H2,1H3,(H,34,36). The normalized spacial score (nSPS) is 14.0. The summed E-state index contributed by atoms with van der Waals surface area (Å²) in [4.78, 5) is 8.84. The number of aromatic nitrogens is 5. The minimum absolute atomic E-state index is 0.0523. The van der Waals surface area contributed by atoms with Gasteiger partial charge in [-0.3, -0.25) is 4.98 Å². The monoisotopic (exact) mass is 608 g/mol. The Morgan fingerprint density at radius 2 is 1.90 bits per heavy atom. The highest BCUT2D eigenvalue weighted by atomic mass is 35.5. The van der Waals surface area contributed by atoms with Crippen LogP contribution in [-0.4, -0.2) is 38.2 Å². The van der Waals surface area contributed by atoms with Gasteiger partial charge in [-0.05, 0) is 43.3 Å². The number of hydrogen-bond acceptors (Lipinski definition) is 8. The SMILES string of the molecule is Cc1nc(Cl)ccc1C(Nc1cc(Cl)c2ncc(C#N)c(Nc3ccc(F)c(Cl)c3)c2c1)c1cn(C2COC2)nn1. The first kappa shape index (κ1) is 27.2. The smallest absolute Gasteiger partial charge is 0.141 e. The molecule has 6 rings (SSSR count). The molecule has 0 bridgehead atoms. The molecule has 13 heteroatoms. The maximum atomic E-state index is 13.8. The number of aryl methyl sites for hydroxylation is 1. The summed E-state index contributed by atoms with van der Waals surface area (Å²) in [5, 5.41) is 26.6. The van der Waals surface area contributed by atoms with E-state index >= 15 is 0 Å².